The maximum Gasteiger partial charge on any atom is 0.326 e. The fraction of sp³-hybridized carbons (Fsp3) is 0.727. The van der Waals surface area contributed by atoms with Gasteiger partial charge in [-0.1, -0.05) is 0 Å². The average molecular weight is 272 g/mol. The number of carboxylic acid groups (broad SMARTS) is 1. The topological polar surface area (TPSA) is 125 Å². The zero-order valence-electron chi connectivity index (χ0n) is 10.7. The molecule has 19 heavy (non-hydrogen) atoms. The smallest absolute Gasteiger partial charge is 0.326 e. The molecule has 8 nitrogen and oxygen atoms in total. The van der Waals surface area contributed by atoms with Gasteiger partial charge in [-0.05, 0) is 19.4 Å². The molecule has 0 aromatic rings. The fourth-order valence-corrected chi connectivity index (χ4v) is 1.83. The molecule has 0 aromatic carbocycles. The Balaban J connectivity index is 2.49. The lowest BCUT2D eigenvalue weighted by Gasteiger charge is -2.23. The van der Waals surface area contributed by atoms with Crippen LogP contribution in [0.15, 0.2) is 0 Å². The van der Waals surface area contributed by atoms with Crippen molar-refractivity contribution in [2.75, 3.05) is 26.2 Å². The summed E-state index contributed by atoms with van der Waals surface area (Å²) in [5.74, 6) is -1.75. The Kier molecular flexibility index (Phi) is 6.07. The predicted octanol–water partition coefficient (Wildman–Crippen LogP) is -1.29. The van der Waals surface area contributed by atoms with Crippen LogP contribution in [0.1, 0.15) is 19.3 Å². The van der Waals surface area contributed by atoms with Crippen molar-refractivity contribution in [3.63, 3.8) is 0 Å². The van der Waals surface area contributed by atoms with Gasteiger partial charge in [-0.15, -0.1) is 0 Å². The molecule has 3 amide bonds. The maximum absolute atomic E-state index is 11.9. The summed E-state index contributed by atoms with van der Waals surface area (Å²) in [5.41, 5.74) is 4.97. The molecule has 0 radical (unpaired) electrons. The van der Waals surface area contributed by atoms with Gasteiger partial charge < -0.3 is 26.4 Å². The molecule has 108 valence electrons. The van der Waals surface area contributed by atoms with E-state index in [1.54, 1.807) is 4.90 Å². The van der Waals surface area contributed by atoms with E-state index in [2.05, 4.69) is 10.6 Å². The normalized spacial score (nSPS) is 17.4. The number of nitrogens with zero attached hydrogens (tertiary/aromatic N) is 1. The van der Waals surface area contributed by atoms with Gasteiger partial charge in [0.15, 0.2) is 0 Å². The first-order valence-electron chi connectivity index (χ1n) is 6.28. The van der Waals surface area contributed by atoms with Crippen molar-refractivity contribution in [1.82, 2.24) is 15.5 Å². The molecule has 1 fully saturated rings. The van der Waals surface area contributed by atoms with Crippen molar-refractivity contribution in [1.29, 1.82) is 0 Å². The largest absolute Gasteiger partial charge is 0.480 e. The Morgan fingerprint density at radius 2 is 2.05 bits per heavy atom. The van der Waals surface area contributed by atoms with Crippen molar-refractivity contribution < 1.29 is 19.5 Å². The third-order valence-corrected chi connectivity index (χ3v) is 2.90. The van der Waals surface area contributed by atoms with E-state index >= 15 is 0 Å². The van der Waals surface area contributed by atoms with Gasteiger partial charge in [-0.2, -0.15) is 0 Å². The lowest BCUT2D eigenvalue weighted by molar-refractivity contribution is -0.139. The van der Waals surface area contributed by atoms with E-state index in [0.717, 1.165) is 13.0 Å². The van der Waals surface area contributed by atoms with Gasteiger partial charge in [-0.3, -0.25) is 4.79 Å². The number of aliphatic carboxylic acids is 1. The Hall–Kier alpha value is -1.83. The zero-order chi connectivity index (χ0) is 14.3. The van der Waals surface area contributed by atoms with E-state index in [9.17, 15) is 14.4 Å². The van der Waals surface area contributed by atoms with E-state index in [-0.39, 0.29) is 12.8 Å². The molecule has 0 aromatic heterocycles. The molecule has 1 rings (SSSR count). The number of hydrogen-bond acceptors (Lipinski definition) is 4. The summed E-state index contributed by atoms with van der Waals surface area (Å²) in [6.07, 6.45) is 0.758. The summed E-state index contributed by atoms with van der Waals surface area (Å²) in [5, 5.41) is 14.6. The molecule has 8 heteroatoms. The fourth-order valence-electron chi connectivity index (χ4n) is 1.83. The van der Waals surface area contributed by atoms with Crippen LogP contribution in [0.4, 0.5) is 4.79 Å². The number of carboxylic acids is 1. The Labute approximate surface area is 111 Å². The SMILES string of the molecule is NC(=O)CC[C@H](NC(=O)N1CCCNCC1)C(=O)O. The van der Waals surface area contributed by atoms with Gasteiger partial charge in [0, 0.05) is 26.1 Å². The van der Waals surface area contributed by atoms with Crippen molar-refractivity contribution in [3.8, 4) is 0 Å². The van der Waals surface area contributed by atoms with Crippen molar-refractivity contribution in [3.05, 3.63) is 0 Å². The third-order valence-electron chi connectivity index (χ3n) is 2.90. The Morgan fingerprint density at radius 3 is 2.68 bits per heavy atom. The number of carbonyl (C=O) groups is 3. The molecular formula is C11H20N4O4. The number of rotatable bonds is 5. The highest BCUT2D eigenvalue weighted by Crippen LogP contribution is 2.01. The summed E-state index contributed by atoms with van der Waals surface area (Å²) >= 11 is 0. The Morgan fingerprint density at radius 1 is 1.32 bits per heavy atom. The lowest BCUT2D eigenvalue weighted by Crippen LogP contribution is -2.49. The van der Waals surface area contributed by atoms with Crippen LogP contribution in [-0.2, 0) is 9.59 Å². The van der Waals surface area contributed by atoms with Gasteiger partial charge in [0.1, 0.15) is 6.04 Å². The van der Waals surface area contributed by atoms with Crippen molar-refractivity contribution in [2.45, 2.75) is 25.3 Å². The number of hydrogen-bond donors (Lipinski definition) is 4. The van der Waals surface area contributed by atoms with Crippen LogP contribution in [-0.4, -0.2) is 60.1 Å². The van der Waals surface area contributed by atoms with E-state index in [1.807, 2.05) is 0 Å². The van der Waals surface area contributed by atoms with Gasteiger partial charge in [0.2, 0.25) is 5.91 Å². The molecular weight excluding hydrogens is 252 g/mol. The van der Waals surface area contributed by atoms with E-state index in [4.69, 9.17) is 10.8 Å². The maximum atomic E-state index is 11.9. The minimum atomic E-state index is -1.16. The number of nitrogens with one attached hydrogen (secondary N) is 2. The summed E-state index contributed by atoms with van der Waals surface area (Å²) < 4.78 is 0. The monoisotopic (exact) mass is 272 g/mol. The van der Waals surface area contributed by atoms with Crippen LogP contribution < -0.4 is 16.4 Å². The molecule has 1 aliphatic rings. The highest BCUT2D eigenvalue weighted by atomic mass is 16.4. The van der Waals surface area contributed by atoms with Gasteiger partial charge in [0.05, 0.1) is 0 Å². The third kappa shape index (κ3) is 5.56. The van der Waals surface area contributed by atoms with Crippen LogP contribution in [0.3, 0.4) is 0 Å². The first-order valence-corrected chi connectivity index (χ1v) is 6.28. The molecule has 1 aliphatic heterocycles. The lowest BCUT2D eigenvalue weighted by atomic mass is 10.1. The number of urea groups is 1. The standard InChI is InChI=1S/C11H20N4O4/c12-9(16)3-2-8(10(17)18)14-11(19)15-6-1-4-13-5-7-15/h8,13H,1-7H2,(H2,12,16)(H,14,19)(H,17,18)/t8-/m0/s1. The molecule has 0 saturated carbocycles. The summed E-state index contributed by atoms with van der Waals surface area (Å²) in [6, 6.07) is -1.50. The molecule has 1 saturated heterocycles. The zero-order valence-corrected chi connectivity index (χ0v) is 10.7. The summed E-state index contributed by atoms with van der Waals surface area (Å²) in [6.45, 7) is 2.65. The number of carbonyl (C=O) groups excluding carboxylic acids is 2. The molecule has 0 bridgehead atoms. The van der Waals surface area contributed by atoms with Crippen LogP contribution in [0, 0.1) is 0 Å². The highest BCUT2D eigenvalue weighted by molar-refractivity contribution is 5.83. The van der Waals surface area contributed by atoms with E-state index in [1.165, 1.54) is 0 Å². The summed E-state index contributed by atoms with van der Waals surface area (Å²) in [4.78, 5) is 35.1. The van der Waals surface area contributed by atoms with Crippen LogP contribution in [0.25, 0.3) is 0 Å². The quantitative estimate of drug-likeness (QED) is 0.495. The van der Waals surface area contributed by atoms with Crippen molar-refractivity contribution in [2.24, 2.45) is 5.73 Å². The second kappa shape index (κ2) is 7.57. The molecule has 0 aliphatic carbocycles. The highest BCUT2D eigenvalue weighted by Gasteiger charge is 2.23. The molecule has 0 unspecified atom stereocenters. The minimum Gasteiger partial charge on any atom is -0.480 e. The van der Waals surface area contributed by atoms with Gasteiger partial charge in [0.25, 0.3) is 0 Å². The van der Waals surface area contributed by atoms with E-state index in [0.29, 0.717) is 19.6 Å². The van der Waals surface area contributed by atoms with Crippen LogP contribution in [0.2, 0.25) is 0 Å². The summed E-state index contributed by atoms with van der Waals surface area (Å²) in [7, 11) is 0. The van der Waals surface area contributed by atoms with Crippen molar-refractivity contribution >= 4 is 17.9 Å². The minimum absolute atomic E-state index is 0.00248. The molecule has 1 heterocycles. The van der Waals surface area contributed by atoms with E-state index < -0.39 is 23.9 Å². The molecule has 1 atom stereocenters. The second-order valence-corrected chi connectivity index (χ2v) is 4.44. The molecule has 0 spiro atoms. The Bertz CT molecular complexity index is 340. The van der Waals surface area contributed by atoms with Crippen LogP contribution >= 0.6 is 0 Å². The number of nitrogens with two attached hydrogens (primary N) is 1. The van der Waals surface area contributed by atoms with Gasteiger partial charge in [-0.25, -0.2) is 9.59 Å². The first kappa shape index (κ1) is 15.2. The second-order valence-electron chi connectivity index (χ2n) is 4.44. The predicted molar refractivity (Wildman–Crippen MR) is 67.4 cm³/mol. The van der Waals surface area contributed by atoms with Gasteiger partial charge >= 0.3 is 12.0 Å². The van der Waals surface area contributed by atoms with Crippen LogP contribution in [0.5, 0.6) is 0 Å². The molecule has 5 N–H and O–H groups in total. The first-order chi connectivity index (χ1) is 9.00. The number of amides is 3. The number of primary amides is 1. The average Bonchev–Trinajstić information content (AvgIpc) is 2.62.